The average molecular weight is 396 g/mol. The molecule has 146 valence electrons. The lowest BCUT2D eigenvalue weighted by Crippen LogP contribution is -2.46. The molecule has 0 spiro atoms. The van der Waals surface area contributed by atoms with Crippen molar-refractivity contribution in [1.29, 1.82) is 0 Å². The number of rotatable bonds is 4. The third-order valence-electron chi connectivity index (χ3n) is 5.62. The molecule has 6 heteroatoms. The van der Waals surface area contributed by atoms with Crippen LogP contribution in [0, 0.1) is 5.92 Å². The summed E-state index contributed by atoms with van der Waals surface area (Å²) < 4.78 is 3.07. The van der Waals surface area contributed by atoms with Crippen LogP contribution in [0.15, 0.2) is 47.8 Å². The Kier molecular flexibility index (Phi) is 5.22. The lowest BCUT2D eigenvalue weighted by Gasteiger charge is -2.32. The number of thiophene rings is 1. The fraction of sp³-hybridized carbons (Fsp3) is 0.364. The van der Waals surface area contributed by atoms with Crippen LogP contribution in [0.5, 0.6) is 0 Å². The number of nitrogens with one attached hydrogen (secondary N) is 1. The average Bonchev–Trinajstić information content (AvgIpc) is 3.31. The summed E-state index contributed by atoms with van der Waals surface area (Å²) in [7, 11) is 1.93. The Hall–Kier alpha value is -2.60. The molecular weight excluding hydrogens is 370 g/mol. The van der Waals surface area contributed by atoms with Gasteiger partial charge in [0, 0.05) is 20.1 Å². The van der Waals surface area contributed by atoms with E-state index in [0.29, 0.717) is 18.8 Å². The van der Waals surface area contributed by atoms with Crippen molar-refractivity contribution in [2.45, 2.75) is 25.8 Å². The Morgan fingerprint density at radius 1 is 1.21 bits per heavy atom. The van der Waals surface area contributed by atoms with Crippen molar-refractivity contribution in [3.05, 3.63) is 59.1 Å². The second-order valence-corrected chi connectivity index (χ2v) is 8.44. The summed E-state index contributed by atoms with van der Waals surface area (Å²) in [6.45, 7) is 3.18. The maximum absolute atomic E-state index is 13.1. The van der Waals surface area contributed by atoms with Gasteiger partial charge in [-0.25, -0.2) is 0 Å². The SMILES string of the molecule is C[C@H](NC(=O)[C@@H]1CCCN(C(=O)c2cc3sccc3n2C)C1)c1ccccc1. The summed E-state index contributed by atoms with van der Waals surface area (Å²) in [5.74, 6) is -0.119. The highest BCUT2D eigenvalue weighted by Gasteiger charge is 2.30. The Bertz CT molecular complexity index is 992. The minimum absolute atomic E-state index is 0.0134. The molecule has 1 N–H and O–H groups in total. The van der Waals surface area contributed by atoms with Gasteiger partial charge in [-0.3, -0.25) is 9.59 Å². The minimum Gasteiger partial charge on any atom is -0.349 e. The third kappa shape index (κ3) is 3.56. The van der Waals surface area contributed by atoms with E-state index >= 15 is 0 Å². The molecule has 1 aliphatic rings. The molecule has 5 nitrogen and oxygen atoms in total. The van der Waals surface area contributed by atoms with Gasteiger partial charge in [0.05, 0.1) is 22.2 Å². The molecule has 1 aliphatic heterocycles. The monoisotopic (exact) mass is 395 g/mol. The van der Waals surface area contributed by atoms with Crippen LogP contribution in [0.25, 0.3) is 10.2 Å². The fourth-order valence-corrected chi connectivity index (χ4v) is 4.80. The maximum Gasteiger partial charge on any atom is 0.270 e. The smallest absolute Gasteiger partial charge is 0.270 e. The Morgan fingerprint density at radius 2 is 2.00 bits per heavy atom. The van der Waals surface area contributed by atoms with Gasteiger partial charge in [0.1, 0.15) is 5.69 Å². The van der Waals surface area contributed by atoms with Gasteiger partial charge in [-0.15, -0.1) is 11.3 Å². The van der Waals surface area contributed by atoms with Crippen LogP contribution >= 0.6 is 11.3 Å². The fourth-order valence-electron chi connectivity index (χ4n) is 3.95. The van der Waals surface area contributed by atoms with Crippen LogP contribution in [0.3, 0.4) is 0 Å². The number of benzene rings is 1. The Labute approximate surface area is 169 Å². The third-order valence-corrected chi connectivity index (χ3v) is 6.47. The van der Waals surface area contributed by atoms with Gasteiger partial charge in [0.25, 0.3) is 5.91 Å². The molecule has 0 bridgehead atoms. The normalized spacial score (nSPS) is 18.2. The molecule has 2 amide bonds. The van der Waals surface area contributed by atoms with E-state index in [1.165, 1.54) is 0 Å². The zero-order chi connectivity index (χ0) is 19.7. The van der Waals surface area contributed by atoms with Crippen molar-refractivity contribution in [2.75, 3.05) is 13.1 Å². The van der Waals surface area contributed by atoms with Crippen molar-refractivity contribution >= 4 is 33.4 Å². The standard InChI is InChI=1S/C22H25N3O2S/c1-15(16-7-4-3-5-8-16)23-21(26)17-9-6-11-25(14-17)22(27)19-13-20-18(24(19)2)10-12-28-20/h3-5,7-8,10,12-13,15,17H,6,9,11,14H2,1-2H3,(H,23,26)/t15-,17+/m0/s1. The van der Waals surface area contributed by atoms with Gasteiger partial charge in [-0.05, 0) is 42.8 Å². The molecule has 4 rings (SSSR count). The van der Waals surface area contributed by atoms with Crippen LogP contribution in [-0.2, 0) is 11.8 Å². The van der Waals surface area contributed by atoms with Gasteiger partial charge in [0.15, 0.2) is 0 Å². The van der Waals surface area contributed by atoms with Crippen LogP contribution in [0.2, 0.25) is 0 Å². The summed E-state index contributed by atoms with van der Waals surface area (Å²) >= 11 is 1.64. The predicted octanol–water partition coefficient (Wildman–Crippen LogP) is 3.97. The highest BCUT2D eigenvalue weighted by molar-refractivity contribution is 7.17. The number of carbonyl (C=O) groups is 2. The maximum atomic E-state index is 13.1. The van der Waals surface area contributed by atoms with Crippen molar-refractivity contribution in [3.63, 3.8) is 0 Å². The molecule has 0 radical (unpaired) electrons. The Morgan fingerprint density at radius 3 is 2.75 bits per heavy atom. The molecule has 2 atom stereocenters. The first-order valence-electron chi connectivity index (χ1n) is 9.72. The highest BCUT2D eigenvalue weighted by atomic mass is 32.1. The second kappa shape index (κ2) is 7.80. The van der Waals surface area contributed by atoms with Crippen molar-refractivity contribution in [3.8, 4) is 0 Å². The van der Waals surface area contributed by atoms with E-state index in [4.69, 9.17) is 0 Å². The Balaban J connectivity index is 1.43. The number of amides is 2. The largest absolute Gasteiger partial charge is 0.349 e. The van der Waals surface area contributed by atoms with Crippen molar-refractivity contribution in [1.82, 2.24) is 14.8 Å². The molecule has 0 saturated carbocycles. The van der Waals surface area contributed by atoms with Gasteiger partial charge in [-0.2, -0.15) is 0 Å². The molecule has 3 heterocycles. The first-order valence-corrected chi connectivity index (χ1v) is 10.6. The summed E-state index contributed by atoms with van der Waals surface area (Å²) in [6, 6.07) is 13.9. The predicted molar refractivity (Wildman–Crippen MR) is 112 cm³/mol. The lowest BCUT2D eigenvalue weighted by atomic mass is 9.96. The van der Waals surface area contributed by atoms with E-state index in [-0.39, 0.29) is 23.8 Å². The number of carbonyl (C=O) groups excluding carboxylic acids is 2. The molecule has 1 saturated heterocycles. The second-order valence-electron chi connectivity index (χ2n) is 7.49. The number of nitrogens with zero attached hydrogens (tertiary/aromatic N) is 2. The van der Waals surface area contributed by atoms with Crippen molar-refractivity contribution < 1.29 is 9.59 Å². The van der Waals surface area contributed by atoms with Gasteiger partial charge in [0.2, 0.25) is 5.91 Å². The number of aryl methyl sites for hydroxylation is 1. The van der Waals surface area contributed by atoms with Gasteiger partial charge >= 0.3 is 0 Å². The quantitative estimate of drug-likeness (QED) is 0.727. The van der Waals surface area contributed by atoms with Crippen LogP contribution in [0.4, 0.5) is 0 Å². The highest BCUT2D eigenvalue weighted by Crippen LogP contribution is 2.26. The molecule has 0 unspecified atom stereocenters. The molecule has 1 aromatic carbocycles. The topological polar surface area (TPSA) is 54.3 Å². The number of aromatic nitrogens is 1. The molecule has 0 aliphatic carbocycles. The van der Waals surface area contributed by atoms with E-state index in [2.05, 4.69) is 5.32 Å². The first-order chi connectivity index (χ1) is 13.5. The number of piperidine rings is 1. The number of hydrogen-bond acceptors (Lipinski definition) is 3. The van der Waals surface area contributed by atoms with E-state index in [1.807, 2.05) is 71.3 Å². The molecule has 3 aromatic rings. The zero-order valence-corrected chi connectivity index (χ0v) is 17.0. The molecule has 2 aromatic heterocycles. The van der Waals surface area contributed by atoms with E-state index in [1.54, 1.807) is 11.3 Å². The summed E-state index contributed by atoms with van der Waals surface area (Å²) in [4.78, 5) is 27.7. The summed E-state index contributed by atoms with van der Waals surface area (Å²) in [5.41, 5.74) is 2.86. The molecule has 28 heavy (non-hydrogen) atoms. The van der Waals surface area contributed by atoms with E-state index in [0.717, 1.165) is 28.6 Å². The van der Waals surface area contributed by atoms with E-state index in [9.17, 15) is 9.59 Å². The summed E-state index contributed by atoms with van der Waals surface area (Å²) in [5, 5.41) is 5.15. The van der Waals surface area contributed by atoms with Crippen LogP contribution in [-0.4, -0.2) is 34.4 Å². The van der Waals surface area contributed by atoms with Gasteiger partial charge < -0.3 is 14.8 Å². The van der Waals surface area contributed by atoms with Crippen LogP contribution < -0.4 is 5.32 Å². The number of fused-ring (bicyclic) bond motifs is 1. The van der Waals surface area contributed by atoms with Crippen LogP contribution in [0.1, 0.15) is 41.9 Å². The van der Waals surface area contributed by atoms with Gasteiger partial charge in [-0.1, -0.05) is 30.3 Å². The summed E-state index contributed by atoms with van der Waals surface area (Å²) in [6.07, 6.45) is 1.67. The minimum atomic E-state index is -0.162. The molecule has 1 fully saturated rings. The van der Waals surface area contributed by atoms with E-state index < -0.39 is 0 Å². The number of likely N-dealkylation sites (tertiary alicyclic amines) is 1. The lowest BCUT2D eigenvalue weighted by molar-refractivity contribution is -0.127. The first kappa shape index (κ1) is 18.7. The zero-order valence-electron chi connectivity index (χ0n) is 16.2. The number of hydrogen-bond donors (Lipinski definition) is 1. The molecular formula is C22H25N3O2S. The van der Waals surface area contributed by atoms with Crippen molar-refractivity contribution in [2.24, 2.45) is 13.0 Å².